The largest absolute Gasteiger partial charge is 0.320 e. The molecule has 4 nitrogen and oxygen atoms in total. The van der Waals surface area contributed by atoms with E-state index in [1.807, 2.05) is 18.8 Å². The number of rotatable bonds is 5. The molecule has 0 unspecified atom stereocenters. The van der Waals surface area contributed by atoms with Crippen molar-refractivity contribution >= 4 is 0 Å². The minimum absolute atomic E-state index is 0.629. The van der Waals surface area contributed by atoms with Gasteiger partial charge in [0.1, 0.15) is 5.82 Å². The highest BCUT2D eigenvalue weighted by Crippen LogP contribution is 2.32. The Hall–Kier alpha value is -0.900. The summed E-state index contributed by atoms with van der Waals surface area (Å²) in [6.45, 7) is 1.05. The van der Waals surface area contributed by atoms with Gasteiger partial charge in [-0.05, 0) is 32.9 Å². The first-order valence-electron chi connectivity index (χ1n) is 6.35. The molecule has 1 fully saturated rings. The Bertz CT molecular complexity index is 326. The van der Waals surface area contributed by atoms with E-state index in [1.165, 1.54) is 25.7 Å². The molecule has 1 aromatic rings. The van der Waals surface area contributed by atoms with Crippen LogP contribution in [-0.2, 0) is 13.5 Å². The maximum absolute atomic E-state index is 4.69. The Morgan fingerprint density at radius 2 is 2.12 bits per heavy atom. The summed E-state index contributed by atoms with van der Waals surface area (Å²) < 4.78 is 1.96. The summed E-state index contributed by atoms with van der Waals surface area (Å²) in [5, 5.41) is 7.72. The quantitative estimate of drug-likeness (QED) is 0.770. The zero-order valence-corrected chi connectivity index (χ0v) is 10.4. The van der Waals surface area contributed by atoms with E-state index in [0.717, 1.165) is 31.0 Å². The molecular formula is C12H22N4. The molecule has 1 heterocycles. The third-order valence-electron chi connectivity index (χ3n) is 3.42. The van der Waals surface area contributed by atoms with Gasteiger partial charge in [0, 0.05) is 19.4 Å². The van der Waals surface area contributed by atoms with Crippen molar-refractivity contribution in [3.05, 3.63) is 11.6 Å². The first-order chi connectivity index (χ1) is 7.81. The fourth-order valence-electron chi connectivity index (χ4n) is 2.44. The molecule has 0 radical (unpaired) electrons. The molecule has 0 atom stereocenters. The molecule has 1 aliphatic carbocycles. The standard InChI is InChI=1S/C12H22N4/c1-13-9-5-8-11-14-12(15-16(11)2)10-6-3-4-7-10/h10,13H,3-9H2,1-2H3. The van der Waals surface area contributed by atoms with E-state index in [0.29, 0.717) is 5.92 Å². The lowest BCUT2D eigenvalue weighted by Crippen LogP contribution is -2.10. The summed E-state index contributed by atoms with van der Waals surface area (Å²) in [5.74, 6) is 2.85. The van der Waals surface area contributed by atoms with Crippen LogP contribution in [0.1, 0.15) is 49.7 Å². The van der Waals surface area contributed by atoms with E-state index in [4.69, 9.17) is 0 Å². The van der Waals surface area contributed by atoms with Gasteiger partial charge in [-0.25, -0.2) is 4.98 Å². The third-order valence-corrected chi connectivity index (χ3v) is 3.42. The molecule has 0 aromatic carbocycles. The lowest BCUT2D eigenvalue weighted by Gasteiger charge is -2.00. The van der Waals surface area contributed by atoms with Gasteiger partial charge in [0.2, 0.25) is 0 Å². The molecule has 0 spiro atoms. The second-order valence-corrected chi connectivity index (χ2v) is 4.70. The molecule has 0 aliphatic heterocycles. The van der Waals surface area contributed by atoms with Crippen LogP contribution in [0.5, 0.6) is 0 Å². The zero-order chi connectivity index (χ0) is 11.4. The Kier molecular flexibility index (Phi) is 3.93. The summed E-state index contributed by atoms with van der Waals surface area (Å²) in [7, 11) is 4.00. The topological polar surface area (TPSA) is 42.7 Å². The molecule has 1 saturated carbocycles. The fraction of sp³-hybridized carbons (Fsp3) is 0.833. The average Bonchev–Trinajstić information content (AvgIpc) is 2.88. The predicted molar refractivity (Wildman–Crippen MR) is 64.5 cm³/mol. The van der Waals surface area contributed by atoms with Crippen LogP contribution in [0.2, 0.25) is 0 Å². The van der Waals surface area contributed by atoms with E-state index >= 15 is 0 Å². The number of aromatic nitrogens is 3. The van der Waals surface area contributed by atoms with Crippen molar-refractivity contribution in [1.82, 2.24) is 20.1 Å². The third kappa shape index (κ3) is 2.61. The SMILES string of the molecule is CNCCCc1nc(C2CCCC2)nn1C. The summed E-state index contributed by atoms with van der Waals surface area (Å²) in [6.07, 6.45) is 7.40. The van der Waals surface area contributed by atoms with Crippen molar-refractivity contribution in [2.24, 2.45) is 7.05 Å². The molecule has 2 rings (SSSR count). The van der Waals surface area contributed by atoms with Gasteiger partial charge in [-0.3, -0.25) is 4.68 Å². The lowest BCUT2D eigenvalue weighted by atomic mass is 10.1. The Labute approximate surface area is 97.5 Å². The van der Waals surface area contributed by atoms with Gasteiger partial charge < -0.3 is 5.32 Å². The number of hydrogen-bond donors (Lipinski definition) is 1. The normalized spacial score (nSPS) is 17.1. The second kappa shape index (κ2) is 5.43. The van der Waals surface area contributed by atoms with Crippen molar-refractivity contribution in [3.63, 3.8) is 0 Å². The molecule has 1 aromatic heterocycles. The maximum atomic E-state index is 4.69. The van der Waals surface area contributed by atoms with Crippen LogP contribution in [0.4, 0.5) is 0 Å². The van der Waals surface area contributed by atoms with E-state index in [9.17, 15) is 0 Å². The molecule has 16 heavy (non-hydrogen) atoms. The molecular weight excluding hydrogens is 200 g/mol. The van der Waals surface area contributed by atoms with Gasteiger partial charge in [0.15, 0.2) is 5.82 Å². The molecule has 0 bridgehead atoms. The molecule has 1 N–H and O–H groups in total. The van der Waals surface area contributed by atoms with Gasteiger partial charge in [-0.1, -0.05) is 12.8 Å². The number of nitrogens with zero attached hydrogens (tertiary/aromatic N) is 3. The van der Waals surface area contributed by atoms with Gasteiger partial charge in [-0.2, -0.15) is 5.10 Å². The van der Waals surface area contributed by atoms with Gasteiger partial charge in [0.05, 0.1) is 0 Å². The summed E-state index contributed by atoms with van der Waals surface area (Å²) in [6, 6.07) is 0. The molecule has 0 saturated heterocycles. The second-order valence-electron chi connectivity index (χ2n) is 4.70. The van der Waals surface area contributed by atoms with Gasteiger partial charge in [0.25, 0.3) is 0 Å². The number of aryl methyl sites for hydroxylation is 2. The van der Waals surface area contributed by atoms with Crippen LogP contribution >= 0.6 is 0 Å². The monoisotopic (exact) mass is 222 g/mol. The highest BCUT2D eigenvalue weighted by atomic mass is 15.3. The van der Waals surface area contributed by atoms with Crippen molar-refractivity contribution in [3.8, 4) is 0 Å². The zero-order valence-electron chi connectivity index (χ0n) is 10.4. The van der Waals surface area contributed by atoms with Crippen molar-refractivity contribution < 1.29 is 0 Å². The Morgan fingerprint density at radius 1 is 1.38 bits per heavy atom. The van der Waals surface area contributed by atoms with Crippen LogP contribution in [0.25, 0.3) is 0 Å². The van der Waals surface area contributed by atoms with Crippen LogP contribution in [0.15, 0.2) is 0 Å². The molecule has 0 amide bonds. The van der Waals surface area contributed by atoms with Crippen LogP contribution in [0.3, 0.4) is 0 Å². The van der Waals surface area contributed by atoms with E-state index in [2.05, 4.69) is 15.4 Å². The van der Waals surface area contributed by atoms with Crippen LogP contribution < -0.4 is 5.32 Å². The maximum Gasteiger partial charge on any atom is 0.154 e. The van der Waals surface area contributed by atoms with Gasteiger partial charge >= 0.3 is 0 Å². The van der Waals surface area contributed by atoms with Gasteiger partial charge in [-0.15, -0.1) is 0 Å². The molecule has 1 aliphatic rings. The Morgan fingerprint density at radius 3 is 2.81 bits per heavy atom. The van der Waals surface area contributed by atoms with E-state index < -0.39 is 0 Å². The minimum Gasteiger partial charge on any atom is -0.320 e. The summed E-state index contributed by atoms with van der Waals surface area (Å²) in [5.41, 5.74) is 0. The Balaban J connectivity index is 1.97. The lowest BCUT2D eigenvalue weighted by molar-refractivity contribution is 0.632. The van der Waals surface area contributed by atoms with E-state index in [1.54, 1.807) is 0 Å². The number of hydrogen-bond acceptors (Lipinski definition) is 3. The smallest absolute Gasteiger partial charge is 0.154 e. The average molecular weight is 222 g/mol. The summed E-state index contributed by atoms with van der Waals surface area (Å²) in [4.78, 5) is 4.69. The van der Waals surface area contributed by atoms with Crippen LogP contribution in [0, 0.1) is 0 Å². The van der Waals surface area contributed by atoms with Crippen molar-refractivity contribution in [2.75, 3.05) is 13.6 Å². The molecule has 4 heteroatoms. The number of nitrogens with one attached hydrogen (secondary N) is 1. The predicted octanol–water partition coefficient (Wildman–Crippen LogP) is 1.62. The molecule has 90 valence electrons. The van der Waals surface area contributed by atoms with Crippen molar-refractivity contribution in [1.29, 1.82) is 0 Å². The van der Waals surface area contributed by atoms with Crippen molar-refractivity contribution in [2.45, 2.75) is 44.4 Å². The summed E-state index contributed by atoms with van der Waals surface area (Å²) >= 11 is 0. The van der Waals surface area contributed by atoms with Crippen LogP contribution in [-0.4, -0.2) is 28.4 Å². The van der Waals surface area contributed by atoms with E-state index in [-0.39, 0.29) is 0 Å². The highest BCUT2D eigenvalue weighted by molar-refractivity contribution is 5.01. The minimum atomic E-state index is 0.629. The highest BCUT2D eigenvalue weighted by Gasteiger charge is 2.21. The first kappa shape index (κ1) is 11.6. The first-order valence-corrected chi connectivity index (χ1v) is 6.35. The fourth-order valence-corrected chi connectivity index (χ4v) is 2.44.